The van der Waals surface area contributed by atoms with Crippen LogP contribution in [-0.4, -0.2) is 33.9 Å². The topological polar surface area (TPSA) is 130 Å². The van der Waals surface area contributed by atoms with Gasteiger partial charge < -0.3 is 31.8 Å². The van der Waals surface area contributed by atoms with E-state index in [0.29, 0.717) is 21.5 Å². The zero-order chi connectivity index (χ0) is 37.0. The first-order valence-corrected chi connectivity index (χ1v) is 16.3. The van der Waals surface area contributed by atoms with E-state index in [4.69, 9.17) is 20.1 Å². The summed E-state index contributed by atoms with van der Waals surface area (Å²) in [6.07, 6.45) is 8.29. The standard InChI is InChI=1S/C17H15F3O.C11H12BrFO.C6H5BF2O2.CH2O3.2K.H/c18-14-7-3-6-12(15(14)19)13-9-8-11(16(20)17(13)21)10-4-1-2-5-10;12-9-6-5-8(10(13)11(9)14)7-3-1-2-4-7;8-5-3-1-2-4(6(5)9)7(10)11;2-1-4-3;;;/h3,6-10,21H,1-2,4-5H2;5-7,14H,1-4H2;1-3,10-11H;1,3H;;;/q;;;;2*+1;-1/p-1. The minimum atomic E-state index is -1.97. The summed E-state index contributed by atoms with van der Waals surface area (Å²) < 4.78 is 80.4. The molecule has 7 nitrogen and oxygen atoms in total. The first-order chi connectivity index (χ1) is 23.8. The number of carbonyl (C=O) groups is 1. The zero-order valence-electron chi connectivity index (χ0n) is 29.4. The number of carbonyl (C=O) groups excluding carboxylic acids is 1. The molecule has 2 saturated carbocycles. The van der Waals surface area contributed by atoms with Crippen LogP contribution >= 0.6 is 15.9 Å². The van der Waals surface area contributed by atoms with Gasteiger partial charge in [0, 0.05) is 16.6 Å². The van der Waals surface area contributed by atoms with Gasteiger partial charge in [0.1, 0.15) is 0 Å². The fourth-order valence-corrected chi connectivity index (χ4v) is 6.20. The predicted molar refractivity (Wildman–Crippen MR) is 176 cm³/mol. The van der Waals surface area contributed by atoms with Gasteiger partial charge in [-0.05, 0) is 82.8 Å². The van der Waals surface area contributed by atoms with Crippen LogP contribution in [0.3, 0.4) is 0 Å². The third-order valence-electron chi connectivity index (χ3n) is 8.37. The summed E-state index contributed by atoms with van der Waals surface area (Å²) in [6.45, 7) is -0.181. The largest absolute Gasteiger partial charge is 1.00 e. The van der Waals surface area contributed by atoms with Crippen molar-refractivity contribution in [2.45, 2.75) is 63.2 Å². The molecule has 17 heteroatoms. The van der Waals surface area contributed by atoms with Gasteiger partial charge in [0.25, 0.3) is 6.47 Å². The molecule has 0 saturated heterocycles. The second-order valence-electron chi connectivity index (χ2n) is 11.4. The third-order valence-corrected chi connectivity index (χ3v) is 9.01. The molecule has 52 heavy (non-hydrogen) atoms. The minimum absolute atomic E-state index is 0. The number of aromatic hydroxyl groups is 2. The molecule has 2 aliphatic carbocycles. The van der Waals surface area contributed by atoms with E-state index in [2.05, 4.69) is 20.8 Å². The van der Waals surface area contributed by atoms with Crippen LogP contribution in [0.5, 0.6) is 11.5 Å². The Morgan fingerprint density at radius 3 is 1.58 bits per heavy atom. The second-order valence-corrected chi connectivity index (χ2v) is 12.3. The van der Waals surface area contributed by atoms with Crippen LogP contribution in [0.2, 0.25) is 0 Å². The molecule has 0 heterocycles. The molecule has 0 aliphatic heterocycles. The number of rotatable bonds is 5. The third kappa shape index (κ3) is 13.5. The maximum absolute atomic E-state index is 14.4. The molecule has 0 unspecified atom stereocenters. The van der Waals surface area contributed by atoms with Crippen molar-refractivity contribution in [3.63, 3.8) is 0 Å². The summed E-state index contributed by atoms with van der Waals surface area (Å²) in [7, 11) is -1.97. The molecule has 0 amide bonds. The molecule has 0 spiro atoms. The maximum Gasteiger partial charge on any atom is 1.00 e. The van der Waals surface area contributed by atoms with Crippen LogP contribution in [0.4, 0.5) is 26.3 Å². The van der Waals surface area contributed by atoms with E-state index in [9.17, 15) is 36.6 Å². The molecule has 0 radical (unpaired) electrons. The van der Waals surface area contributed by atoms with Crippen molar-refractivity contribution in [2.24, 2.45) is 0 Å². The molecule has 4 aromatic carbocycles. The molecule has 0 atom stereocenters. The zero-order valence-corrected chi connectivity index (χ0v) is 36.2. The van der Waals surface area contributed by atoms with Gasteiger partial charge in [0.05, 0.1) is 4.47 Å². The van der Waals surface area contributed by atoms with Crippen molar-refractivity contribution in [1.82, 2.24) is 0 Å². The van der Waals surface area contributed by atoms with Gasteiger partial charge in [-0.3, -0.25) is 4.79 Å². The fourth-order valence-electron chi connectivity index (χ4n) is 5.89. The number of hydrogen-bond acceptors (Lipinski definition) is 7. The van der Waals surface area contributed by atoms with Crippen molar-refractivity contribution >= 4 is 35.0 Å². The van der Waals surface area contributed by atoms with Crippen LogP contribution < -0.4 is 113 Å². The Balaban J connectivity index is 0.000000742. The van der Waals surface area contributed by atoms with Crippen molar-refractivity contribution in [1.29, 1.82) is 0 Å². The van der Waals surface area contributed by atoms with E-state index in [-0.39, 0.29) is 133 Å². The monoisotopic (exact) mass is 848 g/mol. The molecule has 6 rings (SSSR count). The summed E-state index contributed by atoms with van der Waals surface area (Å²) in [6, 6.07) is 13.4. The van der Waals surface area contributed by atoms with Crippen molar-refractivity contribution < 1.29 is 166 Å². The average Bonchev–Trinajstić information content (AvgIpc) is 3.84. The van der Waals surface area contributed by atoms with Gasteiger partial charge in [0.15, 0.2) is 46.4 Å². The molecule has 4 N–H and O–H groups in total. The molecule has 2 aliphatic rings. The van der Waals surface area contributed by atoms with Crippen LogP contribution in [0.25, 0.3) is 11.1 Å². The van der Waals surface area contributed by atoms with Crippen LogP contribution in [0, 0.1) is 34.9 Å². The van der Waals surface area contributed by atoms with E-state index < -0.39 is 53.2 Å². The maximum atomic E-state index is 14.4. The smallest absolute Gasteiger partial charge is 1.00 e. The summed E-state index contributed by atoms with van der Waals surface area (Å²) in [5.41, 5.74) is 0.523. The Morgan fingerprint density at radius 2 is 1.12 bits per heavy atom. The normalized spacial score (nSPS) is 13.5. The Labute approximate surface area is 392 Å². The Hall–Kier alpha value is -0.772. The fraction of sp³-hybridized carbons (Fsp3) is 0.286. The van der Waals surface area contributed by atoms with Crippen molar-refractivity contribution in [2.75, 3.05) is 0 Å². The van der Waals surface area contributed by atoms with Crippen LogP contribution in [0.1, 0.15) is 75.8 Å². The Kier molecular flexibility index (Phi) is 23.4. The number of phenols is 2. The predicted octanol–water partition coefficient (Wildman–Crippen LogP) is 1.29. The molecule has 0 bridgehead atoms. The average molecular weight is 850 g/mol. The van der Waals surface area contributed by atoms with E-state index in [0.717, 1.165) is 56.7 Å². The molecular weight excluding hydrogens is 815 g/mol. The summed E-state index contributed by atoms with van der Waals surface area (Å²) >= 11 is 3.10. The number of benzene rings is 4. The van der Waals surface area contributed by atoms with Gasteiger partial charge in [-0.25, -0.2) is 26.3 Å². The van der Waals surface area contributed by atoms with Gasteiger partial charge in [0.2, 0.25) is 0 Å². The summed E-state index contributed by atoms with van der Waals surface area (Å²) in [5.74, 6) is -6.05. The van der Waals surface area contributed by atoms with Crippen LogP contribution in [0.15, 0.2) is 65.1 Å². The SMILES string of the molecule is O=CO[O-].OB(O)c1cccc(F)c1F.Oc1c(-c2cccc(F)c2F)ccc(C2CCCC2)c1F.Oc1c(Br)ccc(C2CCCC2)c1F.[H-].[K+].[K+]. The van der Waals surface area contributed by atoms with Gasteiger partial charge in [-0.1, -0.05) is 68.1 Å². The van der Waals surface area contributed by atoms with Crippen LogP contribution in [-0.2, 0) is 9.68 Å². The first-order valence-electron chi connectivity index (χ1n) is 15.5. The molecule has 270 valence electrons. The molecule has 0 aromatic heterocycles. The van der Waals surface area contributed by atoms with Crippen molar-refractivity contribution in [3.05, 3.63) is 111 Å². The summed E-state index contributed by atoms with van der Waals surface area (Å²) in [4.78, 5) is 11.2. The minimum Gasteiger partial charge on any atom is -1.00 e. The molecular formula is C35H34BBrF6K2O7. The summed E-state index contributed by atoms with van der Waals surface area (Å²) in [5, 5.41) is 44.9. The van der Waals surface area contributed by atoms with E-state index in [1.165, 1.54) is 37.1 Å². The first kappa shape index (κ1) is 49.2. The Morgan fingerprint density at radius 1 is 0.673 bits per heavy atom. The van der Waals surface area contributed by atoms with Crippen molar-refractivity contribution in [3.8, 4) is 22.6 Å². The van der Waals surface area contributed by atoms with Gasteiger partial charge in [-0.2, -0.15) is 0 Å². The molecule has 2 fully saturated rings. The van der Waals surface area contributed by atoms with E-state index in [1.807, 2.05) is 0 Å². The van der Waals surface area contributed by atoms with E-state index >= 15 is 0 Å². The van der Waals surface area contributed by atoms with Gasteiger partial charge >= 0.3 is 110 Å². The number of hydrogen-bond donors (Lipinski definition) is 4. The van der Waals surface area contributed by atoms with E-state index in [1.54, 1.807) is 18.2 Å². The number of phenolic OH excluding ortho intramolecular Hbond substituents is 2. The quantitative estimate of drug-likeness (QED) is 0.0784. The molecule has 4 aromatic rings. The number of halogens is 7. The Bertz CT molecular complexity index is 1750. The second kappa shape index (κ2) is 24.7. The van der Waals surface area contributed by atoms with Gasteiger partial charge in [-0.15, -0.1) is 0 Å².